The SMILES string of the molecule is CCc1nccc(-c2cccnc2Oc2ccc(NC(=O)Nc3cccc(C(F)(F)F)c3)cc2C)n1. The van der Waals surface area contributed by atoms with Crippen molar-refractivity contribution < 1.29 is 22.7 Å². The zero-order chi connectivity index (χ0) is 25.7. The second kappa shape index (κ2) is 10.4. The highest BCUT2D eigenvalue weighted by Crippen LogP contribution is 2.33. The molecule has 0 unspecified atom stereocenters. The summed E-state index contributed by atoms with van der Waals surface area (Å²) in [6.07, 6.45) is -0.502. The van der Waals surface area contributed by atoms with Crippen molar-refractivity contribution in [2.45, 2.75) is 26.4 Å². The molecule has 0 saturated carbocycles. The maximum Gasteiger partial charge on any atom is 0.416 e. The van der Waals surface area contributed by atoms with Crippen LogP contribution in [0.15, 0.2) is 73.1 Å². The van der Waals surface area contributed by atoms with Crippen molar-refractivity contribution in [2.24, 2.45) is 0 Å². The van der Waals surface area contributed by atoms with Gasteiger partial charge in [0.15, 0.2) is 0 Å². The number of benzene rings is 2. The number of alkyl halides is 3. The predicted molar refractivity (Wildman–Crippen MR) is 130 cm³/mol. The van der Waals surface area contributed by atoms with Crippen molar-refractivity contribution in [3.63, 3.8) is 0 Å². The average Bonchev–Trinajstić information content (AvgIpc) is 2.85. The number of anilines is 2. The number of pyridine rings is 1. The number of nitrogens with one attached hydrogen (secondary N) is 2. The molecule has 0 aliphatic heterocycles. The fourth-order valence-electron chi connectivity index (χ4n) is 3.40. The standard InChI is InChI=1S/C26H22F3N5O2/c1-3-23-30-13-11-21(34-23)20-8-5-12-31-24(20)36-22-10-9-19(14-16(22)2)33-25(35)32-18-7-4-6-17(15-18)26(27,28)29/h4-15H,3H2,1-2H3,(H2,32,33,35). The number of nitrogens with zero attached hydrogens (tertiary/aromatic N) is 3. The monoisotopic (exact) mass is 493 g/mol. The van der Waals surface area contributed by atoms with E-state index in [9.17, 15) is 18.0 Å². The number of aromatic nitrogens is 3. The smallest absolute Gasteiger partial charge is 0.416 e. The lowest BCUT2D eigenvalue weighted by molar-refractivity contribution is -0.137. The van der Waals surface area contributed by atoms with Crippen molar-refractivity contribution in [3.05, 3.63) is 90.0 Å². The number of hydrogen-bond donors (Lipinski definition) is 2. The third-order valence-electron chi connectivity index (χ3n) is 5.16. The number of urea groups is 1. The van der Waals surface area contributed by atoms with E-state index in [1.54, 1.807) is 49.6 Å². The molecule has 0 radical (unpaired) electrons. The van der Waals surface area contributed by atoms with E-state index in [0.717, 1.165) is 12.1 Å². The first kappa shape index (κ1) is 24.6. The van der Waals surface area contributed by atoms with Gasteiger partial charge >= 0.3 is 12.2 Å². The number of aryl methyl sites for hydroxylation is 2. The van der Waals surface area contributed by atoms with Crippen LogP contribution in [0.4, 0.5) is 29.3 Å². The number of carbonyl (C=O) groups excluding carboxylic acids is 1. The van der Waals surface area contributed by atoms with Gasteiger partial charge in [-0.1, -0.05) is 13.0 Å². The highest BCUT2D eigenvalue weighted by molar-refractivity contribution is 5.99. The molecule has 184 valence electrons. The lowest BCUT2D eigenvalue weighted by atomic mass is 10.1. The lowest BCUT2D eigenvalue weighted by Gasteiger charge is -2.14. The first-order chi connectivity index (χ1) is 17.2. The Morgan fingerprint density at radius 3 is 2.44 bits per heavy atom. The van der Waals surface area contributed by atoms with Crippen LogP contribution in [0.2, 0.25) is 0 Å². The van der Waals surface area contributed by atoms with Gasteiger partial charge in [-0.3, -0.25) is 0 Å². The summed E-state index contributed by atoms with van der Waals surface area (Å²) < 4.78 is 44.7. The van der Waals surface area contributed by atoms with Crippen LogP contribution in [0, 0.1) is 6.92 Å². The van der Waals surface area contributed by atoms with Gasteiger partial charge in [0.05, 0.1) is 16.8 Å². The van der Waals surface area contributed by atoms with Crippen LogP contribution in [0.25, 0.3) is 11.3 Å². The predicted octanol–water partition coefficient (Wildman–Crippen LogP) is 6.86. The van der Waals surface area contributed by atoms with Crippen LogP contribution < -0.4 is 15.4 Å². The van der Waals surface area contributed by atoms with Crippen molar-refractivity contribution in [3.8, 4) is 22.9 Å². The topological polar surface area (TPSA) is 89.0 Å². The molecular weight excluding hydrogens is 471 g/mol. The van der Waals surface area contributed by atoms with Crippen LogP contribution >= 0.6 is 0 Å². The van der Waals surface area contributed by atoms with Gasteiger partial charge in [0, 0.05) is 30.2 Å². The van der Waals surface area contributed by atoms with Gasteiger partial charge in [0.1, 0.15) is 11.6 Å². The molecule has 2 aromatic heterocycles. The van der Waals surface area contributed by atoms with Gasteiger partial charge in [-0.2, -0.15) is 13.2 Å². The summed E-state index contributed by atoms with van der Waals surface area (Å²) >= 11 is 0. The van der Waals surface area contributed by atoms with E-state index in [1.807, 2.05) is 13.0 Å². The second-order valence-corrected chi connectivity index (χ2v) is 7.81. The van der Waals surface area contributed by atoms with Crippen LogP contribution in [-0.4, -0.2) is 21.0 Å². The second-order valence-electron chi connectivity index (χ2n) is 7.81. The fraction of sp³-hybridized carbons (Fsp3) is 0.154. The molecule has 36 heavy (non-hydrogen) atoms. The number of amides is 2. The van der Waals surface area contributed by atoms with Gasteiger partial charge in [0.25, 0.3) is 0 Å². The minimum absolute atomic E-state index is 0.0256. The van der Waals surface area contributed by atoms with Gasteiger partial charge in [-0.05, 0) is 67.1 Å². The van der Waals surface area contributed by atoms with Crippen LogP contribution in [-0.2, 0) is 12.6 Å². The molecule has 0 saturated heterocycles. The summed E-state index contributed by atoms with van der Waals surface area (Å²) in [6, 6.07) is 14.1. The molecule has 10 heteroatoms. The summed E-state index contributed by atoms with van der Waals surface area (Å²) in [7, 11) is 0. The molecule has 2 amide bonds. The van der Waals surface area contributed by atoms with E-state index in [4.69, 9.17) is 4.74 Å². The Kier molecular flexibility index (Phi) is 7.14. The molecular formula is C26H22F3N5O2. The molecule has 4 rings (SSSR count). The van der Waals surface area contributed by atoms with Gasteiger partial charge in [-0.15, -0.1) is 0 Å². The Hall–Kier alpha value is -4.47. The Balaban J connectivity index is 1.47. The lowest BCUT2D eigenvalue weighted by Crippen LogP contribution is -2.19. The fourth-order valence-corrected chi connectivity index (χ4v) is 3.40. The quantitative estimate of drug-likeness (QED) is 0.306. The molecule has 0 atom stereocenters. The van der Waals surface area contributed by atoms with Gasteiger partial charge in [-0.25, -0.2) is 19.7 Å². The summed E-state index contributed by atoms with van der Waals surface area (Å²) in [5, 5.41) is 5.02. The van der Waals surface area contributed by atoms with E-state index in [0.29, 0.717) is 46.4 Å². The zero-order valence-electron chi connectivity index (χ0n) is 19.4. The Labute approximate surface area is 205 Å². The Morgan fingerprint density at radius 1 is 0.944 bits per heavy atom. The average molecular weight is 493 g/mol. The van der Waals surface area contributed by atoms with Crippen LogP contribution in [0.5, 0.6) is 11.6 Å². The number of rotatable bonds is 6. The van der Waals surface area contributed by atoms with Crippen molar-refractivity contribution in [2.75, 3.05) is 10.6 Å². The van der Waals surface area contributed by atoms with Gasteiger partial charge in [0.2, 0.25) is 5.88 Å². The minimum Gasteiger partial charge on any atom is -0.438 e. The summed E-state index contributed by atoms with van der Waals surface area (Å²) in [4.78, 5) is 25.4. The highest BCUT2D eigenvalue weighted by atomic mass is 19.4. The van der Waals surface area contributed by atoms with Crippen molar-refractivity contribution in [1.82, 2.24) is 15.0 Å². The van der Waals surface area contributed by atoms with Crippen molar-refractivity contribution in [1.29, 1.82) is 0 Å². The summed E-state index contributed by atoms with van der Waals surface area (Å²) in [5.74, 6) is 1.59. The normalized spacial score (nSPS) is 11.1. The molecule has 7 nitrogen and oxygen atoms in total. The van der Waals surface area contributed by atoms with E-state index >= 15 is 0 Å². The molecule has 0 aliphatic carbocycles. The van der Waals surface area contributed by atoms with Crippen molar-refractivity contribution >= 4 is 17.4 Å². The molecule has 0 aliphatic rings. The Bertz CT molecular complexity index is 1390. The van der Waals surface area contributed by atoms with Gasteiger partial charge < -0.3 is 15.4 Å². The number of carbonyl (C=O) groups is 1. The molecule has 0 fully saturated rings. The molecule has 2 aromatic carbocycles. The van der Waals surface area contributed by atoms with Crippen LogP contribution in [0.3, 0.4) is 0 Å². The molecule has 2 heterocycles. The van der Waals surface area contributed by atoms with E-state index in [2.05, 4.69) is 25.6 Å². The number of hydrogen-bond acceptors (Lipinski definition) is 5. The molecule has 2 N–H and O–H groups in total. The third-order valence-corrected chi connectivity index (χ3v) is 5.16. The highest BCUT2D eigenvalue weighted by Gasteiger charge is 2.30. The van der Waals surface area contributed by atoms with E-state index in [-0.39, 0.29) is 5.69 Å². The largest absolute Gasteiger partial charge is 0.438 e. The molecule has 0 bridgehead atoms. The summed E-state index contributed by atoms with van der Waals surface area (Å²) in [6.45, 7) is 3.77. The van der Waals surface area contributed by atoms with Crippen LogP contribution in [0.1, 0.15) is 23.9 Å². The minimum atomic E-state index is -4.50. The first-order valence-corrected chi connectivity index (χ1v) is 11.0. The maximum absolute atomic E-state index is 12.9. The number of ether oxygens (including phenoxy) is 1. The summed E-state index contributed by atoms with van der Waals surface area (Å²) in [5.41, 5.74) is 1.72. The maximum atomic E-state index is 12.9. The molecule has 4 aromatic rings. The van der Waals surface area contributed by atoms with E-state index in [1.165, 1.54) is 12.1 Å². The zero-order valence-corrected chi connectivity index (χ0v) is 19.4. The van der Waals surface area contributed by atoms with E-state index < -0.39 is 17.8 Å². The Morgan fingerprint density at radius 2 is 1.72 bits per heavy atom. The first-order valence-electron chi connectivity index (χ1n) is 11.0. The third kappa shape index (κ3) is 5.96. The molecule has 0 spiro atoms. The number of halogens is 3.